The Labute approximate surface area is 191 Å². The van der Waals surface area contributed by atoms with Gasteiger partial charge in [-0.3, -0.25) is 19.8 Å². The second-order valence-corrected chi connectivity index (χ2v) is 8.92. The molecule has 33 heavy (non-hydrogen) atoms. The maximum absolute atomic E-state index is 13.0. The molecule has 0 radical (unpaired) electrons. The largest absolute Gasteiger partial charge is 0.416 e. The van der Waals surface area contributed by atoms with Crippen molar-refractivity contribution in [1.29, 1.82) is 0 Å². The molecular formula is C22H31F3N4O4. The second-order valence-electron chi connectivity index (χ2n) is 8.92. The van der Waals surface area contributed by atoms with Crippen molar-refractivity contribution < 1.29 is 27.6 Å². The molecule has 1 N–H and O–H groups in total. The molecule has 0 unspecified atom stereocenters. The zero-order valence-corrected chi connectivity index (χ0v) is 18.9. The lowest BCUT2D eigenvalue weighted by molar-refractivity contribution is -0.384. The topological polar surface area (TPSA) is 88.0 Å². The summed E-state index contributed by atoms with van der Waals surface area (Å²) in [6.45, 7) is 8.57. The summed E-state index contributed by atoms with van der Waals surface area (Å²) in [5.41, 5.74) is -1.47. The number of nitro groups is 1. The van der Waals surface area contributed by atoms with Gasteiger partial charge in [0.25, 0.3) is 5.69 Å². The average molecular weight is 473 g/mol. The standard InChI is InChI=1S/C22H31F3N4O4/c1-15(2)20(28-9-11-33-12-10-28)14-26-21(30)16-5-7-27(8-6-16)18-4-3-17(22(23,24)25)13-19(18)29(31)32/h3-4,13,15-16,20H,5-12,14H2,1-2H3,(H,26,30)/t20-/m1/s1. The van der Waals surface area contributed by atoms with Crippen molar-refractivity contribution in [1.82, 2.24) is 10.2 Å². The van der Waals surface area contributed by atoms with E-state index < -0.39 is 22.4 Å². The molecule has 8 nitrogen and oxygen atoms in total. The van der Waals surface area contributed by atoms with Crippen LogP contribution in [0.4, 0.5) is 24.5 Å². The SMILES string of the molecule is CC(C)[C@@H](CNC(=O)C1CCN(c2ccc(C(F)(F)F)cc2[N+](=O)[O-])CC1)N1CCOCC1. The van der Waals surface area contributed by atoms with Gasteiger partial charge in [-0.25, -0.2) is 0 Å². The van der Waals surface area contributed by atoms with Gasteiger partial charge in [0.15, 0.2) is 0 Å². The maximum atomic E-state index is 13.0. The van der Waals surface area contributed by atoms with Gasteiger partial charge in [-0.15, -0.1) is 0 Å². The Morgan fingerprint density at radius 3 is 2.39 bits per heavy atom. The van der Waals surface area contributed by atoms with Crippen molar-refractivity contribution in [2.45, 2.75) is 38.9 Å². The fourth-order valence-corrected chi connectivity index (χ4v) is 4.54. The third kappa shape index (κ3) is 6.35. The number of amides is 1. The van der Waals surface area contributed by atoms with Crippen molar-refractivity contribution in [2.24, 2.45) is 11.8 Å². The van der Waals surface area contributed by atoms with E-state index in [0.717, 1.165) is 25.2 Å². The van der Waals surface area contributed by atoms with E-state index in [0.29, 0.717) is 57.7 Å². The van der Waals surface area contributed by atoms with E-state index in [1.165, 1.54) is 0 Å². The van der Waals surface area contributed by atoms with Crippen molar-refractivity contribution in [3.63, 3.8) is 0 Å². The van der Waals surface area contributed by atoms with Crippen molar-refractivity contribution in [3.05, 3.63) is 33.9 Å². The first kappa shape index (κ1) is 25.2. The fourth-order valence-electron chi connectivity index (χ4n) is 4.54. The molecule has 2 aliphatic rings. The molecule has 3 rings (SSSR count). The molecule has 2 heterocycles. The van der Waals surface area contributed by atoms with E-state index in [4.69, 9.17) is 4.74 Å². The van der Waals surface area contributed by atoms with Crippen LogP contribution in [0.1, 0.15) is 32.3 Å². The van der Waals surface area contributed by atoms with Gasteiger partial charge in [0.1, 0.15) is 5.69 Å². The van der Waals surface area contributed by atoms with Gasteiger partial charge in [0.05, 0.1) is 23.7 Å². The summed E-state index contributed by atoms with van der Waals surface area (Å²) >= 11 is 0. The number of nitrogens with zero attached hydrogens (tertiary/aromatic N) is 3. The monoisotopic (exact) mass is 472 g/mol. The number of alkyl halides is 3. The molecule has 0 aliphatic carbocycles. The molecule has 1 aromatic carbocycles. The molecule has 1 atom stereocenters. The summed E-state index contributed by atoms with van der Waals surface area (Å²) in [6, 6.07) is 2.80. The first-order chi connectivity index (χ1) is 15.6. The molecule has 1 aromatic rings. The van der Waals surface area contributed by atoms with Crippen LogP contribution in [0.25, 0.3) is 0 Å². The molecular weight excluding hydrogens is 441 g/mol. The highest BCUT2D eigenvalue weighted by atomic mass is 19.4. The van der Waals surface area contributed by atoms with E-state index in [1.807, 2.05) is 0 Å². The molecule has 0 bridgehead atoms. The number of halogens is 3. The molecule has 0 spiro atoms. The van der Waals surface area contributed by atoms with Gasteiger partial charge in [0.2, 0.25) is 5.91 Å². The van der Waals surface area contributed by atoms with Gasteiger partial charge in [-0.1, -0.05) is 13.8 Å². The fraction of sp³-hybridized carbons (Fsp3) is 0.682. The molecule has 2 fully saturated rings. The number of anilines is 1. The number of piperidine rings is 1. The van der Waals surface area contributed by atoms with Gasteiger partial charge in [0, 0.05) is 50.7 Å². The first-order valence-electron chi connectivity index (χ1n) is 11.3. The lowest BCUT2D eigenvalue weighted by Gasteiger charge is -2.37. The van der Waals surface area contributed by atoms with Crippen LogP contribution < -0.4 is 10.2 Å². The number of carbonyl (C=O) groups is 1. The number of hydrogen-bond donors (Lipinski definition) is 1. The van der Waals surface area contributed by atoms with E-state index in [2.05, 4.69) is 24.1 Å². The number of nitro benzene ring substituents is 1. The number of benzene rings is 1. The zero-order valence-electron chi connectivity index (χ0n) is 18.9. The Hall–Kier alpha value is -2.40. The number of hydrogen-bond acceptors (Lipinski definition) is 6. The number of carbonyl (C=O) groups excluding carboxylic acids is 1. The predicted octanol–water partition coefficient (Wildman–Crippen LogP) is 3.30. The molecule has 1 amide bonds. The lowest BCUT2D eigenvalue weighted by atomic mass is 9.94. The van der Waals surface area contributed by atoms with E-state index >= 15 is 0 Å². The van der Waals surface area contributed by atoms with Crippen LogP contribution in [0.5, 0.6) is 0 Å². The average Bonchev–Trinajstić information content (AvgIpc) is 2.78. The summed E-state index contributed by atoms with van der Waals surface area (Å²) in [7, 11) is 0. The summed E-state index contributed by atoms with van der Waals surface area (Å²) < 4.78 is 44.3. The van der Waals surface area contributed by atoms with Gasteiger partial charge >= 0.3 is 6.18 Å². The second kappa shape index (κ2) is 10.7. The number of nitrogens with one attached hydrogen (secondary N) is 1. The van der Waals surface area contributed by atoms with E-state index in [1.54, 1.807) is 4.90 Å². The predicted molar refractivity (Wildman–Crippen MR) is 117 cm³/mol. The van der Waals surface area contributed by atoms with Crippen molar-refractivity contribution >= 4 is 17.3 Å². The molecule has 2 saturated heterocycles. The van der Waals surface area contributed by atoms with Crippen LogP contribution in [0.3, 0.4) is 0 Å². The summed E-state index contributed by atoms with van der Waals surface area (Å²) in [4.78, 5) is 27.4. The van der Waals surface area contributed by atoms with Crippen LogP contribution in [-0.2, 0) is 15.7 Å². The maximum Gasteiger partial charge on any atom is 0.416 e. The smallest absolute Gasteiger partial charge is 0.379 e. The number of morpholine rings is 1. The van der Waals surface area contributed by atoms with Crippen LogP contribution in [0, 0.1) is 22.0 Å². The third-order valence-electron chi connectivity index (χ3n) is 6.48. The number of ether oxygens (including phenoxy) is 1. The molecule has 184 valence electrons. The molecule has 2 aliphatic heterocycles. The normalized spacial score (nSPS) is 19.5. The minimum Gasteiger partial charge on any atom is -0.379 e. The Kier molecular flexibility index (Phi) is 8.17. The van der Waals surface area contributed by atoms with Gasteiger partial charge in [-0.05, 0) is 30.9 Å². The quantitative estimate of drug-likeness (QED) is 0.484. The Morgan fingerprint density at radius 2 is 1.85 bits per heavy atom. The van der Waals surface area contributed by atoms with Crippen LogP contribution in [0.2, 0.25) is 0 Å². The van der Waals surface area contributed by atoms with E-state index in [9.17, 15) is 28.1 Å². The number of rotatable bonds is 7. The minimum atomic E-state index is -4.65. The molecule has 11 heteroatoms. The molecule has 0 aromatic heterocycles. The Balaban J connectivity index is 1.58. The van der Waals surface area contributed by atoms with E-state index in [-0.39, 0.29) is 23.6 Å². The van der Waals surface area contributed by atoms with Crippen LogP contribution in [-0.4, -0.2) is 67.7 Å². The van der Waals surface area contributed by atoms with Crippen molar-refractivity contribution in [2.75, 3.05) is 50.8 Å². The van der Waals surface area contributed by atoms with Crippen LogP contribution >= 0.6 is 0 Å². The van der Waals surface area contributed by atoms with Gasteiger partial charge < -0.3 is 15.0 Å². The van der Waals surface area contributed by atoms with Gasteiger partial charge in [-0.2, -0.15) is 13.2 Å². The zero-order chi connectivity index (χ0) is 24.2. The highest BCUT2D eigenvalue weighted by molar-refractivity contribution is 5.79. The Bertz CT molecular complexity index is 835. The summed E-state index contributed by atoms with van der Waals surface area (Å²) in [5.74, 6) is 0.0909. The lowest BCUT2D eigenvalue weighted by Crippen LogP contribution is -2.52. The summed E-state index contributed by atoms with van der Waals surface area (Å²) in [5, 5.41) is 14.5. The highest BCUT2D eigenvalue weighted by Gasteiger charge is 2.35. The highest BCUT2D eigenvalue weighted by Crippen LogP contribution is 2.37. The minimum absolute atomic E-state index is 0.0459. The first-order valence-corrected chi connectivity index (χ1v) is 11.3. The van der Waals surface area contributed by atoms with Crippen molar-refractivity contribution in [3.8, 4) is 0 Å². The third-order valence-corrected chi connectivity index (χ3v) is 6.48. The molecule has 0 saturated carbocycles. The summed E-state index contributed by atoms with van der Waals surface area (Å²) in [6.07, 6.45) is -3.69. The Morgan fingerprint density at radius 1 is 1.21 bits per heavy atom. The van der Waals surface area contributed by atoms with Crippen LogP contribution in [0.15, 0.2) is 18.2 Å².